The minimum atomic E-state index is 0.0139. The largest absolute Gasteiger partial charge is 0.353 e. The molecule has 1 saturated heterocycles. The van der Waals surface area contributed by atoms with Crippen LogP contribution < -0.4 is 0 Å². The fraction of sp³-hybridized carbons (Fsp3) is 0.889. The SMILES string of the molecule is CCCCCC/C=C1/CC(OCC)OC12CCCCC2. The summed E-state index contributed by atoms with van der Waals surface area (Å²) in [6.07, 6.45) is 16.5. The van der Waals surface area contributed by atoms with Gasteiger partial charge in [0, 0.05) is 13.0 Å². The van der Waals surface area contributed by atoms with Crippen molar-refractivity contribution < 1.29 is 9.47 Å². The van der Waals surface area contributed by atoms with Gasteiger partial charge in [0.15, 0.2) is 6.29 Å². The van der Waals surface area contributed by atoms with E-state index >= 15 is 0 Å². The van der Waals surface area contributed by atoms with E-state index in [1.165, 1.54) is 64.2 Å². The van der Waals surface area contributed by atoms with Crippen LogP contribution >= 0.6 is 0 Å². The molecule has 1 heterocycles. The predicted octanol–water partition coefficient (Wildman–Crippen LogP) is 5.37. The first-order valence-electron chi connectivity index (χ1n) is 8.79. The van der Waals surface area contributed by atoms with Gasteiger partial charge in [-0.2, -0.15) is 0 Å². The van der Waals surface area contributed by atoms with Gasteiger partial charge in [0.25, 0.3) is 0 Å². The lowest BCUT2D eigenvalue weighted by Gasteiger charge is -2.34. The Balaban J connectivity index is 1.93. The van der Waals surface area contributed by atoms with Crippen LogP contribution in [0.2, 0.25) is 0 Å². The zero-order valence-corrected chi connectivity index (χ0v) is 13.5. The fourth-order valence-electron chi connectivity index (χ4n) is 3.69. The van der Waals surface area contributed by atoms with Crippen LogP contribution in [0, 0.1) is 0 Å². The molecule has 1 saturated carbocycles. The Labute approximate surface area is 124 Å². The second kappa shape index (κ2) is 8.19. The van der Waals surface area contributed by atoms with Gasteiger partial charge in [-0.15, -0.1) is 0 Å². The number of unbranched alkanes of at least 4 members (excludes halogenated alkanes) is 4. The molecule has 2 aliphatic rings. The molecule has 1 unspecified atom stereocenters. The molecule has 2 nitrogen and oxygen atoms in total. The summed E-state index contributed by atoms with van der Waals surface area (Å²) >= 11 is 0. The smallest absolute Gasteiger partial charge is 0.162 e. The lowest BCUT2D eigenvalue weighted by molar-refractivity contribution is -0.170. The number of rotatable bonds is 7. The normalized spacial score (nSPS) is 27.5. The van der Waals surface area contributed by atoms with Crippen LogP contribution in [0.5, 0.6) is 0 Å². The van der Waals surface area contributed by atoms with E-state index in [4.69, 9.17) is 9.47 Å². The van der Waals surface area contributed by atoms with Crippen molar-refractivity contribution in [3.8, 4) is 0 Å². The second-order valence-electron chi connectivity index (χ2n) is 6.34. The van der Waals surface area contributed by atoms with E-state index in [2.05, 4.69) is 19.9 Å². The van der Waals surface area contributed by atoms with Gasteiger partial charge in [0.1, 0.15) is 0 Å². The summed E-state index contributed by atoms with van der Waals surface area (Å²) in [5.41, 5.74) is 1.59. The molecule has 0 N–H and O–H groups in total. The molecule has 1 aliphatic carbocycles. The van der Waals surface area contributed by atoms with E-state index in [-0.39, 0.29) is 11.9 Å². The minimum Gasteiger partial charge on any atom is -0.353 e. The van der Waals surface area contributed by atoms with Crippen LogP contribution in [0.4, 0.5) is 0 Å². The van der Waals surface area contributed by atoms with Gasteiger partial charge < -0.3 is 9.47 Å². The first-order chi connectivity index (χ1) is 9.80. The summed E-state index contributed by atoms with van der Waals surface area (Å²) in [4.78, 5) is 0. The zero-order chi connectivity index (χ0) is 14.3. The van der Waals surface area contributed by atoms with Gasteiger partial charge >= 0.3 is 0 Å². The highest BCUT2D eigenvalue weighted by Crippen LogP contribution is 2.46. The van der Waals surface area contributed by atoms with Gasteiger partial charge in [0.05, 0.1) is 5.60 Å². The number of hydrogen-bond donors (Lipinski definition) is 0. The maximum atomic E-state index is 6.33. The van der Waals surface area contributed by atoms with Crippen LogP contribution in [0.15, 0.2) is 11.6 Å². The molecule has 0 aromatic rings. The number of allylic oxidation sites excluding steroid dienone is 1. The summed E-state index contributed by atoms with van der Waals surface area (Å²) in [5.74, 6) is 0. The molecule has 1 spiro atoms. The third-order valence-corrected chi connectivity index (χ3v) is 4.79. The average Bonchev–Trinajstić information content (AvgIpc) is 2.77. The van der Waals surface area contributed by atoms with E-state index in [9.17, 15) is 0 Å². The van der Waals surface area contributed by atoms with Crippen LogP contribution in [0.1, 0.15) is 84.5 Å². The topological polar surface area (TPSA) is 18.5 Å². The van der Waals surface area contributed by atoms with Gasteiger partial charge in [-0.25, -0.2) is 0 Å². The molecular formula is C18H32O2. The Morgan fingerprint density at radius 3 is 2.65 bits per heavy atom. The highest BCUT2D eigenvalue weighted by Gasteiger charge is 2.44. The van der Waals surface area contributed by atoms with Crippen LogP contribution in [0.3, 0.4) is 0 Å². The van der Waals surface area contributed by atoms with E-state index in [1.54, 1.807) is 5.57 Å². The highest BCUT2D eigenvalue weighted by molar-refractivity contribution is 5.22. The molecule has 116 valence electrons. The van der Waals surface area contributed by atoms with Crippen molar-refractivity contribution >= 4 is 0 Å². The molecule has 0 aromatic heterocycles. The van der Waals surface area contributed by atoms with Crippen molar-refractivity contribution in [2.24, 2.45) is 0 Å². The van der Waals surface area contributed by atoms with Gasteiger partial charge in [-0.05, 0) is 38.2 Å². The van der Waals surface area contributed by atoms with Crippen LogP contribution in [-0.4, -0.2) is 18.5 Å². The van der Waals surface area contributed by atoms with Crippen molar-refractivity contribution in [1.29, 1.82) is 0 Å². The molecule has 2 heteroatoms. The summed E-state index contributed by atoms with van der Waals surface area (Å²) in [7, 11) is 0. The molecule has 0 aromatic carbocycles. The minimum absolute atomic E-state index is 0.0139. The first kappa shape index (κ1) is 16.0. The standard InChI is InChI=1S/C18H32O2/c1-3-5-6-7-9-12-16-15-17(19-4-2)20-18(16)13-10-8-11-14-18/h12,17H,3-11,13-15H2,1-2H3/b16-12-. The molecule has 20 heavy (non-hydrogen) atoms. The first-order valence-corrected chi connectivity index (χ1v) is 8.79. The molecule has 0 bridgehead atoms. The Morgan fingerprint density at radius 1 is 1.15 bits per heavy atom. The molecule has 1 atom stereocenters. The quantitative estimate of drug-likeness (QED) is 0.461. The zero-order valence-electron chi connectivity index (χ0n) is 13.5. The molecule has 0 radical (unpaired) electrons. The molecule has 1 aliphatic heterocycles. The highest BCUT2D eigenvalue weighted by atomic mass is 16.7. The Bertz CT molecular complexity index is 303. The van der Waals surface area contributed by atoms with Crippen molar-refractivity contribution in [3.05, 3.63) is 11.6 Å². The maximum absolute atomic E-state index is 6.33. The van der Waals surface area contributed by atoms with Gasteiger partial charge in [-0.1, -0.05) is 51.5 Å². The third kappa shape index (κ3) is 4.08. The summed E-state index contributed by atoms with van der Waals surface area (Å²) < 4.78 is 12.1. The van der Waals surface area contributed by atoms with Crippen LogP contribution in [-0.2, 0) is 9.47 Å². The molecule has 0 amide bonds. The predicted molar refractivity (Wildman–Crippen MR) is 83.8 cm³/mol. The lowest BCUT2D eigenvalue weighted by atomic mass is 9.79. The Kier molecular flexibility index (Phi) is 6.57. The van der Waals surface area contributed by atoms with E-state index in [0.29, 0.717) is 0 Å². The summed E-state index contributed by atoms with van der Waals surface area (Å²) in [6, 6.07) is 0. The summed E-state index contributed by atoms with van der Waals surface area (Å²) in [5, 5.41) is 0. The lowest BCUT2D eigenvalue weighted by Crippen LogP contribution is -2.33. The van der Waals surface area contributed by atoms with Crippen molar-refractivity contribution in [1.82, 2.24) is 0 Å². The van der Waals surface area contributed by atoms with E-state index in [1.807, 2.05) is 0 Å². The van der Waals surface area contributed by atoms with Crippen molar-refractivity contribution in [3.63, 3.8) is 0 Å². The molecule has 2 rings (SSSR count). The molecule has 2 fully saturated rings. The van der Waals surface area contributed by atoms with Crippen molar-refractivity contribution in [2.75, 3.05) is 6.61 Å². The molecular weight excluding hydrogens is 248 g/mol. The monoisotopic (exact) mass is 280 g/mol. The second-order valence-corrected chi connectivity index (χ2v) is 6.34. The summed E-state index contributed by atoms with van der Waals surface area (Å²) in [6.45, 7) is 5.08. The van der Waals surface area contributed by atoms with Crippen LogP contribution in [0.25, 0.3) is 0 Å². The number of hydrogen-bond acceptors (Lipinski definition) is 2. The maximum Gasteiger partial charge on any atom is 0.162 e. The van der Waals surface area contributed by atoms with Crippen molar-refractivity contribution in [2.45, 2.75) is 96.4 Å². The Hall–Kier alpha value is -0.340. The van der Waals surface area contributed by atoms with E-state index in [0.717, 1.165) is 13.0 Å². The van der Waals surface area contributed by atoms with Gasteiger partial charge in [-0.3, -0.25) is 0 Å². The fourth-order valence-corrected chi connectivity index (χ4v) is 3.69. The van der Waals surface area contributed by atoms with E-state index < -0.39 is 0 Å². The number of ether oxygens (including phenoxy) is 2. The average molecular weight is 280 g/mol. The third-order valence-electron chi connectivity index (χ3n) is 4.79. The Morgan fingerprint density at radius 2 is 1.95 bits per heavy atom. The van der Waals surface area contributed by atoms with Gasteiger partial charge in [0.2, 0.25) is 0 Å².